The zero-order chi connectivity index (χ0) is 18.9. The fraction of sp³-hybridized carbons (Fsp3) is 0.409. The smallest absolute Gasteiger partial charge is 0.258 e. The Labute approximate surface area is 161 Å². The summed E-state index contributed by atoms with van der Waals surface area (Å²) in [6, 6.07) is 15.6. The summed E-state index contributed by atoms with van der Waals surface area (Å²) in [7, 11) is 1.58. The van der Waals surface area contributed by atoms with Crippen LogP contribution in [0.5, 0.6) is 11.5 Å². The van der Waals surface area contributed by atoms with Crippen molar-refractivity contribution < 1.29 is 14.3 Å². The van der Waals surface area contributed by atoms with Crippen molar-refractivity contribution in [3.8, 4) is 11.5 Å². The Bertz CT molecular complexity index is 742. The highest BCUT2D eigenvalue weighted by molar-refractivity contribution is 5.77. The number of nitrogens with zero attached hydrogens (tertiary/aromatic N) is 1. The van der Waals surface area contributed by atoms with Crippen molar-refractivity contribution in [3.05, 3.63) is 59.7 Å². The number of hydrogen-bond acceptors (Lipinski definition) is 4. The number of carbonyl (C=O) groups is 1. The van der Waals surface area contributed by atoms with E-state index in [2.05, 4.69) is 28.4 Å². The lowest BCUT2D eigenvalue weighted by atomic mass is 10.0. The predicted molar refractivity (Wildman–Crippen MR) is 106 cm³/mol. The number of benzene rings is 2. The fourth-order valence-electron chi connectivity index (χ4n) is 3.37. The Hall–Kier alpha value is -2.53. The number of likely N-dealkylation sites (tertiary alicyclic amines) is 1. The molecule has 3 rings (SSSR count). The largest absolute Gasteiger partial charge is 0.493 e. The van der Waals surface area contributed by atoms with Crippen LogP contribution in [0.1, 0.15) is 30.4 Å². The number of hydrogen-bond donors (Lipinski definition) is 1. The molecule has 0 unspecified atom stereocenters. The third-order valence-electron chi connectivity index (χ3n) is 4.86. The summed E-state index contributed by atoms with van der Waals surface area (Å²) in [6.07, 6.45) is 3.89. The topological polar surface area (TPSA) is 50.8 Å². The number of ether oxygens (including phenoxy) is 2. The number of piperidine rings is 1. The maximum Gasteiger partial charge on any atom is 0.258 e. The van der Waals surface area contributed by atoms with Gasteiger partial charge in [-0.05, 0) is 49.2 Å². The van der Waals surface area contributed by atoms with E-state index in [1.165, 1.54) is 24.8 Å². The third-order valence-corrected chi connectivity index (χ3v) is 4.86. The second-order valence-corrected chi connectivity index (χ2v) is 6.82. The molecule has 1 N–H and O–H groups in total. The normalized spacial score (nSPS) is 14.6. The second-order valence-electron chi connectivity index (χ2n) is 6.82. The molecular formula is C22H28N2O3. The van der Waals surface area contributed by atoms with Crippen molar-refractivity contribution in [2.45, 2.75) is 32.4 Å². The molecule has 5 heteroatoms. The summed E-state index contributed by atoms with van der Waals surface area (Å²) in [5.41, 5.74) is 2.44. The van der Waals surface area contributed by atoms with E-state index >= 15 is 0 Å². The van der Waals surface area contributed by atoms with Gasteiger partial charge < -0.3 is 14.8 Å². The van der Waals surface area contributed by atoms with Crippen LogP contribution in [0.2, 0.25) is 0 Å². The minimum atomic E-state index is -0.145. The Morgan fingerprint density at radius 2 is 1.63 bits per heavy atom. The van der Waals surface area contributed by atoms with Gasteiger partial charge in [0.15, 0.2) is 18.1 Å². The molecule has 2 aromatic carbocycles. The molecule has 0 aromatic heterocycles. The summed E-state index contributed by atoms with van der Waals surface area (Å²) < 4.78 is 10.8. The molecular weight excluding hydrogens is 340 g/mol. The van der Waals surface area contributed by atoms with Crippen LogP contribution in [0, 0.1) is 0 Å². The van der Waals surface area contributed by atoms with Crippen molar-refractivity contribution in [3.63, 3.8) is 0 Å². The van der Waals surface area contributed by atoms with Gasteiger partial charge in [-0.1, -0.05) is 42.8 Å². The molecule has 2 aromatic rings. The Morgan fingerprint density at radius 3 is 2.37 bits per heavy atom. The number of nitrogens with one attached hydrogen (secondary N) is 1. The summed E-state index contributed by atoms with van der Waals surface area (Å²) in [4.78, 5) is 14.7. The van der Waals surface area contributed by atoms with Crippen molar-refractivity contribution in [2.24, 2.45) is 0 Å². The summed E-state index contributed by atoms with van der Waals surface area (Å²) in [5.74, 6) is 1.05. The number of amides is 1. The molecule has 0 aliphatic carbocycles. The van der Waals surface area contributed by atoms with E-state index in [-0.39, 0.29) is 12.5 Å². The van der Waals surface area contributed by atoms with E-state index in [0.717, 1.165) is 25.2 Å². The first-order chi connectivity index (χ1) is 13.3. The maximum absolute atomic E-state index is 12.2. The van der Waals surface area contributed by atoms with Gasteiger partial charge >= 0.3 is 0 Å². The van der Waals surface area contributed by atoms with E-state index < -0.39 is 0 Å². The number of para-hydroxylation sites is 2. The molecule has 0 bridgehead atoms. The van der Waals surface area contributed by atoms with Crippen LogP contribution >= 0.6 is 0 Å². The second kappa shape index (κ2) is 9.97. The quantitative estimate of drug-likeness (QED) is 0.776. The van der Waals surface area contributed by atoms with Crippen LogP contribution in [0.3, 0.4) is 0 Å². The van der Waals surface area contributed by atoms with Crippen LogP contribution in [0.25, 0.3) is 0 Å². The Balaban J connectivity index is 1.51. The average molecular weight is 368 g/mol. The number of methoxy groups -OCH3 is 1. The summed E-state index contributed by atoms with van der Waals surface area (Å²) >= 11 is 0. The Kier molecular flexibility index (Phi) is 7.11. The molecule has 1 fully saturated rings. The zero-order valence-electron chi connectivity index (χ0n) is 15.9. The monoisotopic (exact) mass is 368 g/mol. The van der Waals surface area contributed by atoms with Gasteiger partial charge in [0.2, 0.25) is 0 Å². The third kappa shape index (κ3) is 5.73. The predicted octanol–water partition coefficient (Wildman–Crippen LogP) is 3.38. The molecule has 1 heterocycles. The minimum absolute atomic E-state index is 0.0331. The molecule has 27 heavy (non-hydrogen) atoms. The van der Waals surface area contributed by atoms with Gasteiger partial charge in [-0.25, -0.2) is 0 Å². The van der Waals surface area contributed by atoms with Crippen molar-refractivity contribution in [1.82, 2.24) is 10.2 Å². The van der Waals surface area contributed by atoms with Crippen molar-refractivity contribution >= 4 is 5.91 Å². The highest BCUT2D eigenvalue weighted by Crippen LogP contribution is 2.25. The van der Waals surface area contributed by atoms with Crippen LogP contribution in [0.15, 0.2) is 48.5 Å². The minimum Gasteiger partial charge on any atom is -0.493 e. The van der Waals surface area contributed by atoms with E-state index in [1.54, 1.807) is 13.2 Å². The first kappa shape index (κ1) is 19.2. The molecule has 0 saturated carbocycles. The van der Waals surface area contributed by atoms with Gasteiger partial charge in [-0.2, -0.15) is 0 Å². The molecule has 0 radical (unpaired) electrons. The first-order valence-corrected chi connectivity index (χ1v) is 9.58. The molecule has 1 amide bonds. The SMILES string of the molecule is COc1ccccc1OCC(=O)NCc1ccccc1CN1CCCCC1. The van der Waals surface area contributed by atoms with Crippen LogP contribution in [0.4, 0.5) is 0 Å². The van der Waals surface area contributed by atoms with Gasteiger partial charge in [-0.15, -0.1) is 0 Å². The van der Waals surface area contributed by atoms with E-state index in [9.17, 15) is 4.79 Å². The Morgan fingerprint density at radius 1 is 0.963 bits per heavy atom. The molecule has 0 spiro atoms. The number of rotatable bonds is 8. The van der Waals surface area contributed by atoms with Gasteiger partial charge in [0.25, 0.3) is 5.91 Å². The maximum atomic E-state index is 12.2. The number of carbonyl (C=O) groups excluding carboxylic acids is 1. The lowest BCUT2D eigenvalue weighted by Crippen LogP contribution is -2.31. The van der Waals surface area contributed by atoms with Gasteiger partial charge in [0, 0.05) is 13.1 Å². The molecule has 1 saturated heterocycles. The van der Waals surface area contributed by atoms with E-state index in [4.69, 9.17) is 9.47 Å². The van der Waals surface area contributed by atoms with E-state index in [0.29, 0.717) is 18.0 Å². The molecule has 5 nitrogen and oxygen atoms in total. The highest BCUT2D eigenvalue weighted by atomic mass is 16.5. The van der Waals surface area contributed by atoms with Crippen LogP contribution < -0.4 is 14.8 Å². The zero-order valence-corrected chi connectivity index (χ0v) is 15.9. The fourth-order valence-corrected chi connectivity index (χ4v) is 3.37. The molecule has 1 aliphatic heterocycles. The van der Waals surface area contributed by atoms with Crippen LogP contribution in [-0.2, 0) is 17.9 Å². The van der Waals surface area contributed by atoms with Crippen LogP contribution in [-0.4, -0.2) is 37.6 Å². The highest BCUT2D eigenvalue weighted by Gasteiger charge is 2.13. The lowest BCUT2D eigenvalue weighted by Gasteiger charge is -2.27. The van der Waals surface area contributed by atoms with Crippen molar-refractivity contribution in [1.29, 1.82) is 0 Å². The van der Waals surface area contributed by atoms with Gasteiger partial charge in [-0.3, -0.25) is 9.69 Å². The molecule has 0 atom stereocenters. The van der Waals surface area contributed by atoms with Gasteiger partial charge in [0.05, 0.1) is 7.11 Å². The summed E-state index contributed by atoms with van der Waals surface area (Å²) in [6.45, 7) is 3.75. The standard InChI is InChI=1S/C22H28N2O3/c1-26-20-11-5-6-12-21(20)27-17-22(25)23-15-18-9-3-4-10-19(18)16-24-13-7-2-8-14-24/h3-6,9-12H,2,7-8,13-17H2,1H3,(H,23,25). The molecule has 144 valence electrons. The first-order valence-electron chi connectivity index (χ1n) is 9.58. The average Bonchev–Trinajstić information content (AvgIpc) is 2.72. The summed E-state index contributed by atoms with van der Waals surface area (Å²) in [5, 5.41) is 2.96. The van der Waals surface area contributed by atoms with Crippen molar-refractivity contribution in [2.75, 3.05) is 26.8 Å². The van der Waals surface area contributed by atoms with E-state index in [1.807, 2.05) is 24.3 Å². The molecule has 1 aliphatic rings. The lowest BCUT2D eigenvalue weighted by molar-refractivity contribution is -0.123. The van der Waals surface area contributed by atoms with Gasteiger partial charge in [0.1, 0.15) is 0 Å².